The number of nitro benzene ring substituents is 1. The molecule has 0 atom stereocenters. The van der Waals surface area contributed by atoms with Crippen molar-refractivity contribution in [3.05, 3.63) is 63.7 Å². The van der Waals surface area contributed by atoms with Crippen LogP contribution < -0.4 is 5.32 Å². The van der Waals surface area contributed by atoms with Crippen molar-refractivity contribution in [2.75, 3.05) is 18.4 Å². The minimum atomic E-state index is -3.87. The molecule has 8 nitrogen and oxygen atoms in total. The van der Waals surface area contributed by atoms with E-state index < -0.39 is 14.9 Å². The van der Waals surface area contributed by atoms with Crippen molar-refractivity contribution in [3.63, 3.8) is 0 Å². The highest BCUT2D eigenvalue weighted by atomic mass is 32.2. The molecule has 0 saturated carbocycles. The van der Waals surface area contributed by atoms with Crippen LogP contribution in [0.2, 0.25) is 0 Å². The summed E-state index contributed by atoms with van der Waals surface area (Å²) in [5.74, 6) is -0.401. The Morgan fingerprint density at radius 1 is 1.16 bits per heavy atom. The van der Waals surface area contributed by atoms with Gasteiger partial charge in [-0.3, -0.25) is 14.9 Å². The monoisotopic (exact) mass is 459 g/mol. The smallest absolute Gasteiger partial charge is 0.270 e. The van der Waals surface area contributed by atoms with Crippen LogP contribution in [0.1, 0.15) is 43.7 Å². The lowest BCUT2D eigenvalue weighted by atomic mass is 9.97. The van der Waals surface area contributed by atoms with Crippen molar-refractivity contribution in [3.8, 4) is 0 Å². The fraction of sp³-hybridized carbons (Fsp3) is 0.435. The maximum atomic E-state index is 13.1. The van der Waals surface area contributed by atoms with Gasteiger partial charge < -0.3 is 5.32 Å². The number of hydrogen-bond acceptors (Lipinski definition) is 5. The molecule has 1 aliphatic heterocycles. The van der Waals surface area contributed by atoms with Crippen LogP contribution >= 0.6 is 0 Å². The summed E-state index contributed by atoms with van der Waals surface area (Å²) in [6.45, 7) is 4.15. The predicted molar refractivity (Wildman–Crippen MR) is 123 cm³/mol. The molecule has 0 aliphatic carbocycles. The number of nitrogens with zero attached hydrogens (tertiary/aromatic N) is 2. The number of hydrogen-bond donors (Lipinski definition) is 1. The van der Waals surface area contributed by atoms with E-state index in [1.165, 1.54) is 22.0 Å². The molecule has 1 aliphatic rings. The number of amides is 1. The minimum Gasteiger partial charge on any atom is -0.326 e. The number of unbranched alkanes of at least 4 members (excludes halogenated alkanes) is 1. The molecule has 1 amide bonds. The molecular formula is C23H29N3O5S. The van der Waals surface area contributed by atoms with Crippen LogP contribution in [-0.2, 0) is 21.2 Å². The van der Waals surface area contributed by atoms with Crippen LogP contribution in [0.25, 0.3) is 0 Å². The van der Waals surface area contributed by atoms with Gasteiger partial charge in [0, 0.05) is 36.8 Å². The summed E-state index contributed by atoms with van der Waals surface area (Å²) in [5.41, 5.74) is 2.17. The largest absolute Gasteiger partial charge is 0.326 e. The second kappa shape index (κ2) is 10.2. The first-order valence-electron chi connectivity index (χ1n) is 10.9. The molecule has 1 saturated heterocycles. The molecule has 2 aromatic rings. The van der Waals surface area contributed by atoms with Crippen LogP contribution in [0.15, 0.2) is 47.4 Å². The van der Waals surface area contributed by atoms with Crippen molar-refractivity contribution in [2.45, 2.75) is 50.8 Å². The van der Waals surface area contributed by atoms with E-state index in [4.69, 9.17) is 0 Å². The van der Waals surface area contributed by atoms with E-state index >= 15 is 0 Å². The Labute approximate surface area is 188 Å². The van der Waals surface area contributed by atoms with Crippen LogP contribution in [0.4, 0.5) is 11.4 Å². The Bertz CT molecular complexity index is 1080. The third kappa shape index (κ3) is 5.52. The van der Waals surface area contributed by atoms with Gasteiger partial charge in [0.15, 0.2) is 0 Å². The zero-order valence-electron chi connectivity index (χ0n) is 18.4. The first-order valence-corrected chi connectivity index (χ1v) is 12.3. The van der Waals surface area contributed by atoms with Gasteiger partial charge in [-0.05, 0) is 55.9 Å². The third-order valence-electron chi connectivity index (χ3n) is 5.87. The number of non-ortho nitro benzene ring substituents is 1. The average molecular weight is 460 g/mol. The number of anilines is 1. The SMILES string of the molecule is CCCCc1ccc(NC(=O)C2CCN(S(=O)(=O)c3cc([N+](=O)[O-])ccc3C)CC2)cc1. The van der Waals surface area contributed by atoms with E-state index in [0.29, 0.717) is 18.4 Å². The number of carbonyl (C=O) groups excluding carboxylic acids is 1. The topological polar surface area (TPSA) is 110 Å². The number of nitrogens with one attached hydrogen (secondary N) is 1. The molecule has 0 spiro atoms. The van der Waals surface area contributed by atoms with Crippen LogP contribution in [-0.4, -0.2) is 36.6 Å². The van der Waals surface area contributed by atoms with Gasteiger partial charge in [-0.15, -0.1) is 0 Å². The highest BCUT2D eigenvalue weighted by Crippen LogP contribution is 2.28. The molecule has 0 aromatic heterocycles. The zero-order chi connectivity index (χ0) is 23.3. The Hall–Kier alpha value is -2.78. The number of nitro groups is 1. The Balaban J connectivity index is 1.61. The lowest BCUT2D eigenvalue weighted by molar-refractivity contribution is -0.385. The van der Waals surface area contributed by atoms with Crippen LogP contribution in [0.5, 0.6) is 0 Å². The quantitative estimate of drug-likeness (QED) is 0.468. The van der Waals surface area contributed by atoms with Gasteiger partial charge in [-0.1, -0.05) is 31.5 Å². The molecule has 32 heavy (non-hydrogen) atoms. The van der Waals surface area contributed by atoms with Crippen LogP contribution in [0.3, 0.4) is 0 Å². The summed E-state index contributed by atoms with van der Waals surface area (Å²) in [6, 6.07) is 11.7. The summed E-state index contributed by atoms with van der Waals surface area (Å²) in [4.78, 5) is 23.1. The molecule has 1 N–H and O–H groups in total. The molecule has 2 aromatic carbocycles. The maximum Gasteiger partial charge on any atom is 0.270 e. The van der Waals surface area contributed by atoms with E-state index in [2.05, 4.69) is 12.2 Å². The first-order chi connectivity index (χ1) is 15.2. The fourth-order valence-corrected chi connectivity index (χ4v) is 5.57. The number of rotatable bonds is 8. The molecule has 1 heterocycles. The minimum absolute atomic E-state index is 0.0576. The number of sulfonamides is 1. The van der Waals surface area contributed by atoms with Crippen LogP contribution in [0, 0.1) is 23.0 Å². The number of piperidine rings is 1. The lowest BCUT2D eigenvalue weighted by Crippen LogP contribution is -2.41. The van der Waals surface area contributed by atoms with Gasteiger partial charge in [0.1, 0.15) is 0 Å². The van der Waals surface area contributed by atoms with Gasteiger partial charge in [-0.2, -0.15) is 4.31 Å². The highest BCUT2D eigenvalue weighted by Gasteiger charge is 2.33. The Morgan fingerprint density at radius 3 is 2.41 bits per heavy atom. The summed E-state index contributed by atoms with van der Waals surface area (Å²) in [5, 5.41) is 14.0. The van der Waals surface area contributed by atoms with Crippen molar-refractivity contribution in [2.24, 2.45) is 5.92 Å². The van der Waals surface area contributed by atoms with E-state index in [1.807, 2.05) is 24.3 Å². The van der Waals surface area contributed by atoms with Crippen molar-refractivity contribution in [1.29, 1.82) is 0 Å². The Morgan fingerprint density at radius 2 is 1.81 bits per heavy atom. The van der Waals surface area contributed by atoms with E-state index in [-0.39, 0.29) is 35.5 Å². The normalized spacial score (nSPS) is 15.4. The molecule has 1 fully saturated rings. The molecule has 0 unspecified atom stereocenters. The first kappa shape index (κ1) is 23.9. The van der Waals surface area contributed by atoms with Gasteiger partial charge in [0.05, 0.1) is 9.82 Å². The van der Waals surface area contributed by atoms with Crippen molar-refractivity contribution in [1.82, 2.24) is 4.31 Å². The predicted octanol–water partition coefficient (Wildman–Crippen LogP) is 4.29. The standard InChI is InChI=1S/C23H29N3O5S/c1-3-4-5-18-7-9-20(10-8-18)24-23(27)19-12-14-25(15-13-19)32(30,31)22-16-21(26(28)29)11-6-17(22)2/h6-11,16,19H,3-5,12-15H2,1-2H3,(H,24,27). The van der Waals surface area contributed by atoms with E-state index in [1.54, 1.807) is 6.92 Å². The Kier molecular flexibility index (Phi) is 7.63. The average Bonchev–Trinajstić information content (AvgIpc) is 2.78. The molecule has 0 bridgehead atoms. The zero-order valence-corrected chi connectivity index (χ0v) is 19.2. The summed E-state index contributed by atoms with van der Waals surface area (Å²) >= 11 is 0. The molecule has 172 valence electrons. The number of benzene rings is 2. The molecule has 9 heteroatoms. The van der Waals surface area contributed by atoms with Gasteiger partial charge >= 0.3 is 0 Å². The van der Waals surface area contributed by atoms with Gasteiger partial charge in [0.25, 0.3) is 5.69 Å². The van der Waals surface area contributed by atoms with Crippen molar-refractivity contribution < 1.29 is 18.1 Å². The summed E-state index contributed by atoms with van der Waals surface area (Å²) in [7, 11) is -3.87. The van der Waals surface area contributed by atoms with Gasteiger partial charge in [0.2, 0.25) is 15.9 Å². The maximum absolute atomic E-state index is 13.1. The van der Waals surface area contributed by atoms with Crippen molar-refractivity contribution >= 4 is 27.3 Å². The second-order valence-corrected chi connectivity index (χ2v) is 10.1. The molecule has 0 radical (unpaired) electrons. The van der Waals surface area contributed by atoms with E-state index in [9.17, 15) is 23.3 Å². The van der Waals surface area contributed by atoms with E-state index in [0.717, 1.165) is 31.0 Å². The summed E-state index contributed by atoms with van der Waals surface area (Å²) < 4.78 is 27.4. The second-order valence-electron chi connectivity index (χ2n) is 8.17. The number of aryl methyl sites for hydroxylation is 2. The highest BCUT2D eigenvalue weighted by molar-refractivity contribution is 7.89. The third-order valence-corrected chi connectivity index (χ3v) is 7.91. The number of carbonyl (C=O) groups is 1. The fourth-order valence-electron chi connectivity index (χ4n) is 3.86. The van der Waals surface area contributed by atoms with Gasteiger partial charge in [-0.25, -0.2) is 8.42 Å². The molecule has 3 rings (SSSR count). The lowest BCUT2D eigenvalue weighted by Gasteiger charge is -2.30. The summed E-state index contributed by atoms with van der Waals surface area (Å²) in [6.07, 6.45) is 4.07. The molecular weight excluding hydrogens is 430 g/mol.